The molecule has 9 heteroatoms. The lowest BCUT2D eigenvalue weighted by molar-refractivity contribution is -0.136. The van der Waals surface area contributed by atoms with E-state index in [2.05, 4.69) is 15.3 Å². The molecule has 162 valence electrons. The molecule has 1 fully saturated rings. The zero-order valence-electron chi connectivity index (χ0n) is 17.0. The fourth-order valence-corrected chi connectivity index (χ4v) is 4.13. The number of aliphatic hydroxyl groups is 1. The second-order valence-corrected chi connectivity index (χ2v) is 7.85. The minimum Gasteiger partial charge on any atom is -0.506 e. The Labute approximate surface area is 184 Å². The highest BCUT2D eigenvalue weighted by atomic mass is 35.5. The highest BCUT2D eigenvalue weighted by Gasteiger charge is 2.33. The molecule has 0 saturated carbocycles. The summed E-state index contributed by atoms with van der Waals surface area (Å²) in [6, 6.07) is 10.2. The number of aromatic hydroxyl groups is 1. The summed E-state index contributed by atoms with van der Waals surface area (Å²) in [4.78, 5) is 22.5. The van der Waals surface area contributed by atoms with Gasteiger partial charge in [-0.1, -0.05) is 17.7 Å². The first-order valence-electron chi connectivity index (χ1n) is 10.0. The van der Waals surface area contributed by atoms with Crippen molar-refractivity contribution in [2.75, 3.05) is 18.5 Å². The molecule has 1 saturated heterocycles. The number of phenolic OH excluding ortho intramolecular Hbond substituents is 1. The van der Waals surface area contributed by atoms with Crippen LogP contribution in [0.5, 0.6) is 11.5 Å². The quantitative estimate of drug-likeness (QED) is 0.501. The number of ether oxygens (including phenoxy) is 1. The molecule has 1 aliphatic heterocycles. The maximum atomic E-state index is 12.1. The van der Waals surface area contributed by atoms with Crippen LogP contribution in [0.25, 0.3) is 10.9 Å². The summed E-state index contributed by atoms with van der Waals surface area (Å²) in [5, 5.41) is 23.0. The SMILES string of the molecule is C[C@H](Oc1cccc2ncnc(Nc3ccc(O)c(Cl)c3)c12)[C@H]1CCCN1C(=O)CO. The Bertz CT molecular complexity index is 1100. The summed E-state index contributed by atoms with van der Waals surface area (Å²) < 4.78 is 6.30. The first-order valence-corrected chi connectivity index (χ1v) is 10.4. The summed E-state index contributed by atoms with van der Waals surface area (Å²) in [5.74, 6) is 0.826. The minimum atomic E-state index is -0.505. The summed E-state index contributed by atoms with van der Waals surface area (Å²) in [6.07, 6.45) is 2.85. The Hall–Kier alpha value is -3.10. The zero-order valence-corrected chi connectivity index (χ0v) is 17.7. The minimum absolute atomic E-state index is 0.00356. The summed E-state index contributed by atoms with van der Waals surface area (Å²) in [5.41, 5.74) is 1.35. The molecule has 0 radical (unpaired) electrons. The number of rotatable bonds is 6. The molecule has 8 nitrogen and oxygen atoms in total. The predicted molar refractivity (Wildman–Crippen MR) is 118 cm³/mol. The Morgan fingerprint density at radius 2 is 2.19 bits per heavy atom. The van der Waals surface area contributed by atoms with Crippen molar-refractivity contribution in [1.82, 2.24) is 14.9 Å². The number of halogens is 1. The fraction of sp³-hybridized carbons (Fsp3) is 0.318. The molecule has 31 heavy (non-hydrogen) atoms. The predicted octanol–water partition coefficient (Wildman–Crippen LogP) is 3.48. The van der Waals surface area contributed by atoms with E-state index in [1.165, 1.54) is 12.4 Å². The maximum absolute atomic E-state index is 12.1. The Kier molecular flexibility index (Phi) is 6.11. The first-order chi connectivity index (χ1) is 15.0. The molecule has 4 rings (SSSR count). The van der Waals surface area contributed by atoms with Gasteiger partial charge in [0, 0.05) is 12.2 Å². The lowest BCUT2D eigenvalue weighted by atomic mass is 10.1. The zero-order chi connectivity index (χ0) is 22.0. The molecular weight excluding hydrogens is 420 g/mol. The van der Waals surface area contributed by atoms with E-state index >= 15 is 0 Å². The number of carbonyl (C=O) groups is 1. The van der Waals surface area contributed by atoms with Crippen molar-refractivity contribution in [3.05, 3.63) is 47.7 Å². The van der Waals surface area contributed by atoms with E-state index in [0.29, 0.717) is 34.7 Å². The largest absolute Gasteiger partial charge is 0.506 e. The number of likely N-dealkylation sites (tertiary alicyclic amines) is 1. The number of benzene rings is 2. The number of carbonyl (C=O) groups excluding carboxylic acids is 1. The third-order valence-corrected chi connectivity index (χ3v) is 5.75. The van der Waals surface area contributed by atoms with Crippen molar-refractivity contribution in [3.63, 3.8) is 0 Å². The van der Waals surface area contributed by atoms with Gasteiger partial charge in [0.05, 0.1) is 22.0 Å². The molecule has 0 spiro atoms. The van der Waals surface area contributed by atoms with Crippen molar-refractivity contribution in [2.24, 2.45) is 0 Å². The molecule has 3 N–H and O–H groups in total. The fourth-order valence-electron chi connectivity index (χ4n) is 3.95. The van der Waals surface area contributed by atoms with Gasteiger partial charge in [0.1, 0.15) is 36.4 Å². The molecule has 3 aromatic rings. The van der Waals surface area contributed by atoms with Gasteiger partial charge in [-0.25, -0.2) is 9.97 Å². The van der Waals surface area contributed by atoms with Gasteiger partial charge in [-0.15, -0.1) is 0 Å². The highest BCUT2D eigenvalue weighted by molar-refractivity contribution is 6.32. The van der Waals surface area contributed by atoms with Gasteiger partial charge in [-0.2, -0.15) is 0 Å². The van der Waals surface area contributed by atoms with Crippen LogP contribution in [0.1, 0.15) is 19.8 Å². The molecule has 0 bridgehead atoms. The normalized spacial score (nSPS) is 17.0. The first kappa shape index (κ1) is 21.1. The van der Waals surface area contributed by atoms with E-state index < -0.39 is 6.61 Å². The topological polar surface area (TPSA) is 108 Å². The molecule has 2 heterocycles. The number of aromatic nitrogens is 2. The van der Waals surface area contributed by atoms with Gasteiger partial charge in [-0.05, 0) is 50.1 Å². The Morgan fingerprint density at radius 3 is 2.97 bits per heavy atom. The van der Waals surface area contributed by atoms with E-state index in [0.717, 1.165) is 12.8 Å². The van der Waals surface area contributed by atoms with Gasteiger partial charge in [0.25, 0.3) is 0 Å². The van der Waals surface area contributed by atoms with Gasteiger partial charge >= 0.3 is 0 Å². The Morgan fingerprint density at radius 1 is 1.35 bits per heavy atom. The number of hydrogen-bond donors (Lipinski definition) is 3. The second-order valence-electron chi connectivity index (χ2n) is 7.44. The lowest BCUT2D eigenvalue weighted by Gasteiger charge is -2.30. The van der Waals surface area contributed by atoms with E-state index in [4.69, 9.17) is 16.3 Å². The van der Waals surface area contributed by atoms with Gasteiger partial charge in [0.2, 0.25) is 5.91 Å². The average Bonchev–Trinajstić information content (AvgIpc) is 3.26. The third kappa shape index (κ3) is 4.35. The van der Waals surface area contributed by atoms with E-state index in [-0.39, 0.29) is 28.8 Å². The lowest BCUT2D eigenvalue weighted by Crippen LogP contribution is -2.45. The molecule has 0 unspecified atom stereocenters. The molecule has 1 aliphatic rings. The van der Waals surface area contributed by atoms with Crippen LogP contribution in [0, 0.1) is 0 Å². The summed E-state index contributed by atoms with van der Waals surface area (Å²) in [6.45, 7) is 2.03. The van der Waals surface area contributed by atoms with Gasteiger partial charge < -0.3 is 25.2 Å². The van der Waals surface area contributed by atoms with E-state index in [1.54, 1.807) is 17.0 Å². The number of hydrogen-bond acceptors (Lipinski definition) is 7. The van der Waals surface area contributed by atoms with Crippen LogP contribution < -0.4 is 10.1 Å². The van der Waals surface area contributed by atoms with Crippen molar-refractivity contribution in [3.8, 4) is 11.5 Å². The molecule has 2 atom stereocenters. The highest BCUT2D eigenvalue weighted by Crippen LogP contribution is 2.35. The van der Waals surface area contributed by atoms with E-state index in [1.807, 2.05) is 25.1 Å². The van der Waals surface area contributed by atoms with E-state index in [9.17, 15) is 15.0 Å². The standard InChI is InChI=1S/C22H23ClN4O4/c1-13(17-5-3-9-27(17)20(30)11-28)31-19-6-2-4-16-21(19)22(25-12-24-16)26-14-7-8-18(29)15(23)10-14/h2,4,6-8,10,12-13,17,28-29H,3,5,9,11H2,1H3,(H,24,25,26)/t13-,17+/m0/s1. The monoisotopic (exact) mass is 442 g/mol. The third-order valence-electron chi connectivity index (χ3n) is 5.44. The number of anilines is 2. The van der Waals surface area contributed by atoms with Crippen LogP contribution in [-0.4, -0.2) is 56.3 Å². The van der Waals surface area contributed by atoms with Crippen LogP contribution in [0.3, 0.4) is 0 Å². The average molecular weight is 443 g/mol. The number of phenols is 1. The number of fused-ring (bicyclic) bond motifs is 1. The van der Waals surface area contributed by atoms with Crippen LogP contribution >= 0.6 is 11.6 Å². The van der Waals surface area contributed by atoms with Gasteiger partial charge in [0.15, 0.2) is 0 Å². The number of nitrogens with zero attached hydrogens (tertiary/aromatic N) is 3. The number of aliphatic hydroxyl groups excluding tert-OH is 1. The van der Waals surface area contributed by atoms with Gasteiger partial charge in [-0.3, -0.25) is 4.79 Å². The summed E-state index contributed by atoms with van der Waals surface area (Å²) in [7, 11) is 0. The Balaban J connectivity index is 1.65. The van der Waals surface area contributed by atoms with Crippen molar-refractivity contribution >= 4 is 39.9 Å². The smallest absolute Gasteiger partial charge is 0.248 e. The van der Waals surface area contributed by atoms with Crippen LogP contribution in [0.4, 0.5) is 11.5 Å². The molecular formula is C22H23ClN4O4. The van der Waals surface area contributed by atoms with Crippen molar-refractivity contribution in [2.45, 2.75) is 31.9 Å². The maximum Gasteiger partial charge on any atom is 0.248 e. The molecule has 0 aliphatic carbocycles. The number of nitrogens with one attached hydrogen (secondary N) is 1. The molecule has 1 aromatic heterocycles. The second kappa shape index (κ2) is 8.95. The summed E-state index contributed by atoms with van der Waals surface area (Å²) >= 11 is 6.02. The van der Waals surface area contributed by atoms with Crippen molar-refractivity contribution < 1.29 is 19.7 Å². The van der Waals surface area contributed by atoms with Crippen LogP contribution in [0.15, 0.2) is 42.7 Å². The number of amides is 1. The molecule has 2 aromatic carbocycles. The van der Waals surface area contributed by atoms with Crippen molar-refractivity contribution in [1.29, 1.82) is 0 Å². The van der Waals surface area contributed by atoms with Crippen LogP contribution in [-0.2, 0) is 4.79 Å². The van der Waals surface area contributed by atoms with Crippen LogP contribution in [0.2, 0.25) is 5.02 Å². The molecule has 1 amide bonds.